The molecule has 0 radical (unpaired) electrons. The van der Waals surface area contributed by atoms with Crippen LogP contribution < -0.4 is 10.2 Å². The standard InChI is InChI=1S/C14H24N4/c1-4-12(3)16-14-15-8-7-13(17-14)18-9-5-6-11(2)10-18/h7-8,11-12H,4-6,9-10H2,1-3H3,(H,15,16,17). The van der Waals surface area contributed by atoms with Crippen LogP contribution in [-0.4, -0.2) is 29.1 Å². The first-order chi connectivity index (χ1) is 8.69. The highest BCUT2D eigenvalue weighted by molar-refractivity contribution is 5.43. The van der Waals surface area contributed by atoms with Crippen LogP contribution in [0.1, 0.15) is 40.0 Å². The Morgan fingerprint density at radius 3 is 3.11 bits per heavy atom. The van der Waals surface area contributed by atoms with E-state index in [4.69, 9.17) is 0 Å². The number of piperidine rings is 1. The van der Waals surface area contributed by atoms with E-state index in [9.17, 15) is 0 Å². The number of hydrogen-bond acceptors (Lipinski definition) is 4. The van der Waals surface area contributed by atoms with E-state index < -0.39 is 0 Å². The van der Waals surface area contributed by atoms with Crippen LogP contribution in [0.4, 0.5) is 11.8 Å². The summed E-state index contributed by atoms with van der Waals surface area (Å²) < 4.78 is 0. The van der Waals surface area contributed by atoms with Gasteiger partial charge in [-0.05, 0) is 38.2 Å². The molecule has 1 aliphatic rings. The summed E-state index contributed by atoms with van der Waals surface area (Å²) in [5.74, 6) is 2.57. The van der Waals surface area contributed by atoms with Gasteiger partial charge in [0.25, 0.3) is 0 Å². The van der Waals surface area contributed by atoms with Gasteiger partial charge in [0, 0.05) is 25.3 Å². The number of rotatable bonds is 4. The lowest BCUT2D eigenvalue weighted by Gasteiger charge is -2.31. The number of nitrogens with one attached hydrogen (secondary N) is 1. The molecule has 100 valence electrons. The van der Waals surface area contributed by atoms with E-state index in [0.717, 1.165) is 37.2 Å². The van der Waals surface area contributed by atoms with E-state index in [1.807, 2.05) is 12.3 Å². The second-order valence-corrected chi connectivity index (χ2v) is 5.39. The third kappa shape index (κ3) is 3.34. The fourth-order valence-electron chi connectivity index (χ4n) is 2.31. The van der Waals surface area contributed by atoms with Crippen molar-refractivity contribution in [1.82, 2.24) is 9.97 Å². The van der Waals surface area contributed by atoms with Crippen molar-refractivity contribution in [2.24, 2.45) is 5.92 Å². The molecule has 2 heterocycles. The van der Waals surface area contributed by atoms with Crippen LogP contribution in [0.15, 0.2) is 12.3 Å². The smallest absolute Gasteiger partial charge is 0.224 e. The van der Waals surface area contributed by atoms with E-state index in [-0.39, 0.29) is 0 Å². The Bertz CT molecular complexity index is 380. The van der Waals surface area contributed by atoms with E-state index >= 15 is 0 Å². The summed E-state index contributed by atoms with van der Waals surface area (Å²) in [5.41, 5.74) is 0. The minimum absolute atomic E-state index is 0.417. The molecule has 1 aromatic rings. The molecule has 1 fully saturated rings. The van der Waals surface area contributed by atoms with Gasteiger partial charge in [-0.15, -0.1) is 0 Å². The van der Waals surface area contributed by atoms with Crippen LogP contribution in [0.2, 0.25) is 0 Å². The summed E-state index contributed by atoms with van der Waals surface area (Å²) in [6, 6.07) is 2.43. The summed E-state index contributed by atoms with van der Waals surface area (Å²) in [7, 11) is 0. The van der Waals surface area contributed by atoms with Crippen LogP contribution in [0.5, 0.6) is 0 Å². The maximum Gasteiger partial charge on any atom is 0.224 e. The maximum absolute atomic E-state index is 4.62. The van der Waals surface area contributed by atoms with Crippen molar-refractivity contribution in [1.29, 1.82) is 0 Å². The summed E-state index contributed by atoms with van der Waals surface area (Å²) in [5, 5.41) is 3.33. The van der Waals surface area contributed by atoms with Gasteiger partial charge in [-0.3, -0.25) is 0 Å². The summed E-state index contributed by atoms with van der Waals surface area (Å²) in [6.07, 6.45) is 5.53. The SMILES string of the molecule is CCC(C)Nc1nccc(N2CCCC(C)C2)n1. The van der Waals surface area contributed by atoms with Gasteiger partial charge in [-0.1, -0.05) is 13.8 Å². The zero-order valence-electron chi connectivity index (χ0n) is 11.7. The highest BCUT2D eigenvalue weighted by atomic mass is 15.2. The van der Waals surface area contributed by atoms with E-state index in [1.54, 1.807) is 0 Å². The normalized spacial score (nSPS) is 21.7. The van der Waals surface area contributed by atoms with E-state index in [0.29, 0.717) is 6.04 Å². The van der Waals surface area contributed by atoms with Crippen LogP contribution in [0.25, 0.3) is 0 Å². The second-order valence-electron chi connectivity index (χ2n) is 5.39. The van der Waals surface area contributed by atoms with Crippen LogP contribution in [0.3, 0.4) is 0 Å². The topological polar surface area (TPSA) is 41.1 Å². The maximum atomic E-state index is 4.62. The molecule has 4 nitrogen and oxygen atoms in total. The Hall–Kier alpha value is -1.32. The van der Waals surface area contributed by atoms with Crippen molar-refractivity contribution in [3.8, 4) is 0 Å². The van der Waals surface area contributed by atoms with Gasteiger partial charge in [0.15, 0.2) is 0 Å². The Labute approximate surface area is 110 Å². The molecular weight excluding hydrogens is 224 g/mol. The molecule has 1 aliphatic heterocycles. The average Bonchev–Trinajstić information content (AvgIpc) is 2.39. The zero-order valence-corrected chi connectivity index (χ0v) is 11.7. The monoisotopic (exact) mass is 248 g/mol. The molecule has 2 atom stereocenters. The van der Waals surface area contributed by atoms with Gasteiger partial charge >= 0.3 is 0 Å². The van der Waals surface area contributed by atoms with Gasteiger partial charge in [-0.25, -0.2) is 4.98 Å². The molecule has 0 spiro atoms. The predicted molar refractivity (Wildman–Crippen MR) is 76.0 cm³/mol. The molecule has 18 heavy (non-hydrogen) atoms. The Morgan fingerprint density at radius 1 is 1.56 bits per heavy atom. The lowest BCUT2D eigenvalue weighted by molar-refractivity contribution is 0.444. The average molecular weight is 248 g/mol. The van der Waals surface area contributed by atoms with Crippen molar-refractivity contribution in [3.05, 3.63) is 12.3 Å². The minimum atomic E-state index is 0.417. The third-order valence-corrected chi connectivity index (χ3v) is 3.61. The van der Waals surface area contributed by atoms with Gasteiger partial charge in [-0.2, -0.15) is 4.98 Å². The fraction of sp³-hybridized carbons (Fsp3) is 0.714. The first-order valence-electron chi connectivity index (χ1n) is 7.03. The molecule has 0 saturated carbocycles. The molecular formula is C14H24N4. The number of anilines is 2. The lowest BCUT2D eigenvalue weighted by Crippen LogP contribution is -2.35. The molecule has 0 bridgehead atoms. The molecule has 0 amide bonds. The number of hydrogen-bond donors (Lipinski definition) is 1. The molecule has 2 unspecified atom stereocenters. The predicted octanol–water partition coefficient (Wildman–Crippen LogP) is 2.92. The fourth-order valence-corrected chi connectivity index (χ4v) is 2.31. The summed E-state index contributed by atoms with van der Waals surface area (Å²) >= 11 is 0. The van der Waals surface area contributed by atoms with Crippen LogP contribution in [0, 0.1) is 5.92 Å². The molecule has 0 aromatic carbocycles. The first-order valence-corrected chi connectivity index (χ1v) is 7.03. The zero-order chi connectivity index (χ0) is 13.0. The van der Waals surface area contributed by atoms with Gasteiger partial charge in [0.1, 0.15) is 5.82 Å². The lowest BCUT2D eigenvalue weighted by atomic mass is 10.0. The van der Waals surface area contributed by atoms with Crippen molar-refractivity contribution in [3.63, 3.8) is 0 Å². The highest BCUT2D eigenvalue weighted by Crippen LogP contribution is 2.21. The molecule has 1 saturated heterocycles. The second kappa shape index (κ2) is 6.03. The summed E-state index contributed by atoms with van der Waals surface area (Å²) in [4.78, 5) is 11.3. The molecule has 0 aliphatic carbocycles. The molecule has 1 N–H and O–H groups in total. The number of aromatic nitrogens is 2. The van der Waals surface area contributed by atoms with Crippen LogP contribution in [-0.2, 0) is 0 Å². The highest BCUT2D eigenvalue weighted by Gasteiger charge is 2.17. The van der Waals surface area contributed by atoms with Gasteiger partial charge < -0.3 is 10.2 Å². The third-order valence-electron chi connectivity index (χ3n) is 3.61. The van der Waals surface area contributed by atoms with Gasteiger partial charge in [0.05, 0.1) is 0 Å². The van der Waals surface area contributed by atoms with E-state index in [2.05, 4.69) is 41.0 Å². The Morgan fingerprint density at radius 2 is 2.39 bits per heavy atom. The Kier molecular flexibility index (Phi) is 4.39. The van der Waals surface area contributed by atoms with Crippen LogP contribution >= 0.6 is 0 Å². The van der Waals surface area contributed by atoms with Crippen molar-refractivity contribution < 1.29 is 0 Å². The molecule has 2 rings (SSSR count). The van der Waals surface area contributed by atoms with Crippen molar-refractivity contribution in [2.75, 3.05) is 23.3 Å². The van der Waals surface area contributed by atoms with E-state index in [1.165, 1.54) is 12.8 Å². The first kappa shape index (κ1) is 13.1. The quantitative estimate of drug-likeness (QED) is 0.889. The largest absolute Gasteiger partial charge is 0.356 e. The number of nitrogens with zero attached hydrogens (tertiary/aromatic N) is 3. The minimum Gasteiger partial charge on any atom is -0.356 e. The summed E-state index contributed by atoms with van der Waals surface area (Å²) in [6.45, 7) is 8.85. The van der Waals surface area contributed by atoms with Gasteiger partial charge in [0.2, 0.25) is 5.95 Å². The Balaban J connectivity index is 2.06. The van der Waals surface area contributed by atoms with Crippen molar-refractivity contribution >= 4 is 11.8 Å². The van der Waals surface area contributed by atoms with Crippen molar-refractivity contribution in [2.45, 2.75) is 46.1 Å². The molecule has 4 heteroatoms. The molecule has 1 aromatic heterocycles.